The fourth-order valence-corrected chi connectivity index (χ4v) is 2.91. The van der Waals surface area contributed by atoms with Crippen molar-refractivity contribution in [3.05, 3.63) is 0 Å². The van der Waals surface area contributed by atoms with E-state index in [1.165, 1.54) is 52.0 Å². The lowest BCUT2D eigenvalue weighted by molar-refractivity contribution is 0.115. The van der Waals surface area contributed by atoms with Crippen LogP contribution in [0.3, 0.4) is 0 Å². The highest BCUT2D eigenvalue weighted by molar-refractivity contribution is 4.92. The van der Waals surface area contributed by atoms with Crippen LogP contribution in [0.2, 0.25) is 0 Å². The van der Waals surface area contributed by atoms with E-state index in [4.69, 9.17) is 0 Å². The zero-order valence-corrected chi connectivity index (χ0v) is 9.05. The van der Waals surface area contributed by atoms with Crippen LogP contribution in [0.25, 0.3) is 0 Å². The molecule has 13 heavy (non-hydrogen) atoms. The first-order valence-electron chi connectivity index (χ1n) is 5.65. The lowest BCUT2D eigenvalue weighted by Crippen LogP contribution is -2.41. The standard InChI is InChI=1S/C11H22N2/c1-3-13-8-5-11(6-9-13)4-7-12(2)10-11/h3-10H2,1-2H3. The van der Waals surface area contributed by atoms with E-state index in [2.05, 4.69) is 23.8 Å². The van der Waals surface area contributed by atoms with Crippen molar-refractivity contribution in [3.63, 3.8) is 0 Å². The minimum absolute atomic E-state index is 0.709. The molecule has 0 aromatic heterocycles. The number of hydrogen-bond acceptors (Lipinski definition) is 2. The van der Waals surface area contributed by atoms with Gasteiger partial charge in [-0.2, -0.15) is 0 Å². The monoisotopic (exact) mass is 182 g/mol. The zero-order chi connectivity index (χ0) is 9.31. The molecule has 1 spiro atoms. The molecule has 0 radical (unpaired) electrons. The van der Waals surface area contributed by atoms with Crippen LogP contribution in [0.4, 0.5) is 0 Å². The molecule has 2 nitrogen and oxygen atoms in total. The van der Waals surface area contributed by atoms with Crippen LogP contribution in [0, 0.1) is 5.41 Å². The highest BCUT2D eigenvalue weighted by atomic mass is 15.2. The van der Waals surface area contributed by atoms with E-state index >= 15 is 0 Å². The van der Waals surface area contributed by atoms with E-state index in [-0.39, 0.29) is 0 Å². The third-order valence-electron chi connectivity index (χ3n) is 3.99. The number of hydrogen-bond donors (Lipinski definition) is 0. The van der Waals surface area contributed by atoms with E-state index in [0.29, 0.717) is 5.41 Å². The van der Waals surface area contributed by atoms with Gasteiger partial charge in [-0.1, -0.05) is 6.92 Å². The van der Waals surface area contributed by atoms with Crippen molar-refractivity contribution in [2.45, 2.75) is 26.2 Å². The van der Waals surface area contributed by atoms with E-state index in [0.717, 1.165) is 0 Å². The molecular weight excluding hydrogens is 160 g/mol. The minimum atomic E-state index is 0.709. The van der Waals surface area contributed by atoms with Gasteiger partial charge in [0, 0.05) is 6.54 Å². The second-order valence-corrected chi connectivity index (χ2v) is 4.92. The van der Waals surface area contributed by atoms with Crippen LogP contribution in [0.5, 0.6) is 0 Å². The van der Waals surface area contributed by atoms with Crippen LogP contribution >= 0.6 is 0 Å². The third kappa shape index (κ3) is 1.89. The van der Waals surface area contributed by atoms with Crippen LogP contribution in [0.15, 0.2) is 0 Å². The van der Waals surface area contributed by atoms with Crippen molar-refractivity contribution in [2.24, 2.45) is 5.41 Å². The van der Waals surface area contributed by atoms with Gasteiger partial charge in [0.25, 0.3) is 0 Å². The second kappa shape index (κ2) is 3.58. The van der Waals surface area contributed by atoms with Gasteiger partial charge in [0.15, 0.2) is 0 Å². The fraction of sp³-hybridized carbons (Fsp3) is 1.00. The maximum atomic E-state index is 2.59. The topological polar surface area (TPSA) is 6.48 Å². The van der Waals surface area contributed by atoms with Crippen molar-refractivity contribution in [1.29, 1.82) is 0 Å². The maximum Gasteiger partial charge on any atom is 0.00364 e. The van der Waals surface area contributed by atoms with Gasteiger partial charge in [0.2, 0.25) is 0 Å². The maximum absolute atomic E-state index is 2.59. The van der Waals surface area contributed by atoms with E-state index in [1.54, 1.807) is 0 Å². The smallest absolute Gasteiger partial charge is 0.00364 e. The molecule has 0 bridgehead atoms. The van der Waals surface area contributed by atoms with Gasteiger partial charge in [-0.05, 0) is 57.9 Å². The molecule has 0 amide bonds. The summed E-state index contributed by atoms with van der Waals surface area (Å²) in [7, 11) is 2.26. The molecule has 0 saturated carbocycles. The third-order valence-corrected chi connectivity index (χ3v) is 3.99. The molecule has 76 valence electrons. The first-order chi connectivity index (χ1) is 6.24. The normalized spacial score (nSPS) is 30.0. The lowest BCUT2D eigenvalue weighted by atomic mass is 9.78. The van der Waals surface area contributed by atoms with Crippen molar-refractivity contribution < 1.29 is 0 Å². The Labute approximate surface area is 81.9 Å². The Kier molecular flexibility index (Phi) is 2.61. The van der Waals surface area contributed by atoms with Crippen molar-refractivity contribution in [1.82, 2.24) is 9.80 Å². The Morgan fingerprint density at radius 2 is 1.69 bits per heavy atom. The molecule has 0 atom stereocenters. The fourth-order valence-electron chi connectivity index (χ4n) is 2.91. The molecule has 2 heteroatoms. The first-order valence-corrected chi connectivity index (χ1v) is 5.65. The molecule has 0 aromatic rings. The van der Waals surface area contributed by atoms with Gasteiger partial charge < -0.3 is 9.80 Å². The van der Waals surface area contributed by atoms with Crippen LogP contribution in [-0.4, -0.2) is 49.6 Å². The summed E-state index contributed by atoms with van der Waals surface area (Å²) >= 11 is 0. The van der Waals surface area contributed by atoms with Crippen molar-refractivity contribution >= 4 is 0 Å². The first kappa shape index (κ1) is 9.47. The SMILES string of the molecule is CCN1CCC2(CCN(C)C2)CC1. The highest BCUT2D eigenvalue weighted by Crippen LogP contribution is 2.39. The summed E-state index contributed by atoms with van der Waals surface area (Å²) in [6, 6.07) is 0. The average Bonchev–Trinajstić information content (AvgIpc) is 2.49. The number of rotatable bonds is 1. The van der Waals surface area contributed by atoms with Crippen LogP contribution in [0.1, 0.15) is 26.2 Å². The molecule has 0 unspecified atom stereocenters. The largest absolute Gasteiger partial charge is 0.306 e. The quantitative estimate of drug-likeness (QED) is 0.605. The molecule has 0 aromatic carbocycles. The Morgan fingerprint density at radius 3 is 2.15 bits per heavy atom. The Hall–Kier alpha value is -0.0800. The number of likely N-dealkylation sites (tertiary alicyclic amines) is 2. The summed E-state index contributed by atoms with van der Waals surface area (Å²) in [5, 5.41) is 0. The van der Waals surface area contributed by atoms with Gasteiger partial charge in [-0.3, -0.25) is 0 Å². The van der Waals surface area contributed by atoms with Crippen LogP contribution < -0.4 is 0 Å². The summed E-state index contributed by atoms with van der Waals surface area (Å²) < 4.78 is 0. The van der Waals surface area contributed by atoms with E-state index < -0.39 is 0 Å². The van der Waals surface area contributed by atoms with Crippen molar-refractivity contribution in [2.75, 3.05) is 39.8 Å². The van der Waals surface area contributed by atoms with Crippen molar-refractivity contribution in [3.8, 4) is 0 Å². The van der Waals surface area contributed by atoms with Gasteiger partial charge in [-0.25, -0.2) is 0 Å². The molecule has 2 aliphatic rings. The Balaban J connectivity index is 1.90. The van der Waals surface area contributed by atoms with Gasteiger partial charge in [0.1, 0.15) is 0 Å². The van der Waals surface area contributed by atoms with E-state index in [9.17, 15) is 0 Å². The molecule has 2 heterocycles. The Bertz CT molecular complexity index is 171. The molecule has 2 aliphatic heterocycles. The summed E-state index contributed by atoms with van der Waals surface area (Å²) in [4.78, 5) is 5.09. The van der Waals surface area contributed by atoms with Crippen LogP contribution in [-0.2, 0) is 0 Å². The highest BCUT2D eigenvalue weighted by Gasteiger charge is 2.38. The predicted molar refractivity (Wildman–Crippen MR) is 55.9 cm³/mol. The van der Waals surface area contributed by atoms with Gasteiger partial charge in [-0.15, -0.1) is 0 Å². The number of nitrogens with zero attached hydrogens (tertiary/aromatic N) is 2. The second-order valence-electron chi connectivity index (χ2n) is 4.92. The molecular formula is C11H22N2. The minimum Gasteiger partial charge on any atom is -0.306 e. The summed E-state index contributed by atoms with van der Waals surface area (Å²) in [6.45, 7) is 8.87. The summed E-state index contributed by atoms with van der Waals surface area (Å²) in [6.07, 6.45) is 4.32. The van der Waals surface area contributed by atoms with E-state index in [1.807, 2.05) is 0 Å². The molecule has 0 N–H and O–H groups in total. The molecule has 2 fully saturated rings. The summed E-state index contributed by atoms with van der Waals surface area (Å²) in [5.41, 5.74) is 0.709. The molecule has 2 rings (SSSR count). The van der Waals surface area contributed by atoms with Gasteiger partial charge in [0.05, 0.1) is 0 Å². The zero-order valence-electron chi connectivity index (χ0n) is 9.05. The number of piperidine rings is 1. The van der Waals surface area contributed by atoms with Gasteiger partial charge >= 0.3 is 0 Å². The summed E-state index contributed by atoms with van der Waals surface area (Å²) in [5.74, 6) is 0. The predicted octanol–water partition coefficient (Wildman–Crippen LogP) is 1.42. The average molecular weight is 182 g/mol. The lowest BCUT2D eigenvalue weighted by Gasteiger charge is -2.38. The molecule has 2 saturated heterocycles. The molecule has 0 aliphatic carbocycles. The Morgan fingerprint density at radius 1 is 1.08 bits per heavy atom.